The van der Waals surface area contributed by atoms with Crippen molar-refractivity contribution in [2.75, 3.05) is 24.6 Å². The lowest BCUT2D eigenvalue weighted by molar-refractivity contribution is -0.117. The number of carbonyl (C=O) groups is 3. The quantitative estimate of drug-likeness (QED) is 0.496. The van der Waals surface area contributed by atoms with Gasteiger partial charge in [0.05, 0.1) is 6.54 Å². The van der Waals surface area contributed by atoms with Crippen molar-refractivity contribution in [2.45, 2.75) is 0 Å². The maximum absolute atomic E-state index is 12.3. The molecule has 1 aliphatic heterocycles. The van der Waals surface area contributed by atoms with E-state index in [1.165, 1.54) is 4.90 Å². The number of ether oxygens (including phenoxy) is 1. The Morgan fingerprint density at radius 2 is 1.90 bits per heavy atom. The molecule has 2 heterocycles. The molecule has 0 unspecified atom stereocenters. The van der Waals surface area contributed by atoms with E-state index in [9.17, 15) is 14.4 Å². The van der Waals surface area contributed by atoms with Crippen LogP contribution in [0.5, 0.6) is 5.75 Å². The number of hydrogen-bond donors (Lipinski definition) is 2. The van der Waals surface area contributed by atoms with Gasteiger partial charge in [-0.1, -0.05) is 18.2 Å². The van der Waals surface area contributed by atoms with Crippen LogP contribution in [0.2, 0.25) is 0 Å². The summed E-state index contributed by atoms with van der Waals surface area (Å²) in [7, 11) is 0. The van der Waals surface area contributed by atoms with E-state index in [4.69, 9.17) is 4.74 Å². The lowest BCUT2D eigenvalue weighted by atomic mass is 10.2. The maximum atomic E-state index is 12.3. The number of carbonyl (C=O) groups excluding carboxylic acids is 3. The molecule has 3 aromatic rings. The fourth-order valence-corrected chi connectivity index (χ4v) is 3.06. The molecule has 0 bridgehead atoms. The van der Waals surface area contributed by atoms with E-state index in [1.54, 1.807) is 30.5 Å². The molecule has 1 saturated heterocycles. The molecule has 0 aliphatic carbocycles. The summed E-state index contributed by atoms with van der Waals surface area (Å²) >= 11 is 0. The Morgan fingerprint density at radius 3 is 2.66 bits per heavy atom. The lowest BCUT2D eigenvalue weighted by Crippen LogP contribution is -2.29. The number of rotatable bonds is 6. The zero-order chi connectivity index (χ0) is 20.2. The van der Waals surface area contributed by atoms with Gasteiger partial charge in [0.2, 0.25) is 5.91 Å². The number of nitrogens with zero attached hydrogens (tertiary/aromatic N) is 2. The van der Waals surface area contributed by atoms with Crippen LogP contribution in [0.1, 0.15) is 10.4 Å². The number of para-hydroxylation sites is 1. The van der Waals surface area contributed by atoms with Gasteiger partial charge < -0.3 is 10.1 Å². The minimum absolute atomic E-state index is 0.0231. The summed E-state index contributed by atoms with van der Waals surface area (Å²) in [5.41, 5.74) is 1.78. The first-order valence-corrected chi connectivity index (χ1v) is 9.08. The third-order valence-electron chi connectivity index (χ3n) is 4.48. The van der Waals surface area contributed by atoms with Gasteiger partial charge in [-0.15, -0.1) is 0 Å². The summed E-state index contributed by atoms with van der Waals surface area (Å²) in [4.78, 5) is 40.9. The molecule has 8 heteroatoms. The van der Waals surface area contributed by atoms with Crippen LogP contribution in [0.4, 0.5) is 10.5 Å². The van der Waals surface area contributed by atoms with E-state index in [0.29, 0.717) is 30.2 Å². The fraction of sp³-hybridized carbons (Fsp3) is 0.143. The second-order valence-electron chi connectivity index (χ2n) is 6.42. The van der Waals surface area contributed by atoms with Crippen LogP contribution in [0.25, 0.3) is 10.9 Å². The number of fused-ring (bicyclic) bond motifs is 1. The van der Waals surface area contributed by atoms with Gasteiger partial charge in [0.15, 0.2) is 0 Å². The van der Waals surface area contributed by atoms with Gasteiger partial charge in [-0.3, -0.25) is 24.8 Å². The third kappa shape index (κ3) is 4.01. The van der Waals surface area contributed by atoms with Crippen molar-refractivity contribution in [1.82, 2.24) is 15.6 Å². The summed E-state index contributed by atoms with van der Waals surface area (Å²) in [6, 6.07) is 15.5. The zero-order valence-electron chi connectivity index (χ0n) is 15.4. The van der Waals surface area contributed by atoms with Crippen LogP contribution >= 0.6 is 0 Å². The van der Waals surface area contributed by atoms with Crippen LogP contribution in [0.3, 0.4) is 0 Å². The molecule has 0 radical (unpaired) electrons. The molecule has 146 valence electrons. The first-order valence-electron chi connectivity index (χ1n) is 9.08. The zero-order valence-corrected chi connectivity index (χ0v) is 15.4. The van der Waals surface area contributed by atoms with E-state index in [2.05, 4.69) is 15.6 Å². The number of amides is 4. The van der Waals surface area contributed by atoms with Crippen molar-refractivity contribution < 1.29 is 19.1 Å². The van der Waals surface area contributed by atoms with Gasteiger partial charge in [0, 0.05) is 22.8 Å². The predicted octanol–water partition coefficient (Wildman–Crippen LogP) is 2.10. The number of anilines is 1. The summed E-state index contributed by atoms with van der Waals surface area (Å²) in [5.74, 6) is 0.0662. The number of aromatic nitrogens is 1. The Bertz CT molecular complexity index is 1080. The van der Waals surface area contributed by atoms with E-state index in [-0.39, 0.29) is 18.4 Å². The van der Waals surface area contributed by atoms with E-state index in [0.717, 1.165) is 10.9 Å². The van der Waals surface area contributed by atoms with Gasteiger partial charge in [0.1, 0.15) is 24.4 Å². The second-order valence-corrected chi connectivity index (χ2v) is 6.42. The maximum Gasteiger partial charge on any atom is 0.329 e. The van der Waals surface area contributed by atoms with Crippen LogP contribution in [-0.4, -0.2) is 42.5 Å². The largest absolute Gasteiger partial charge is 0.489 e. The minimum Gasteiger partial charge on any atom is -0.489 e. The highest BCUT2D eigenvalue weighted by Gasteiger charge is 2.27. The van der Waals surface area contributed by atoms with Crippen molar-refractivity contribution in [1.29, 1.82) is 0 Å². The molecule has 1 aliphatic rings. The molecule has 0 saturated carbocycles. The van der Waals surface area contributed by atoms with E-state index in [1.807, 2.05) is 30.3 Å². The van der Waals surface area contributed by atoms with Crippen LogP contribution in [0, 0.1) is 0 Å². The van der Waals surface area contributed by atoms with Crippen molar-refractivity contribution in [3.05, 3.63) is 66.4 Å². The topological polar surface area (TPSA) is 101 Å². The number of hydrogen-bond acceptors (Lipinski definition) is 5. The molecule has 8 nitrogen and oxygen atoms in total. The molecule has 1 fully saturated rings. The molecule has 1 aromatic heterocycles. The first-order chi connectivity index (χ1) is 14.1. The number of nitrogens with one attached hydrogen (secondary N) is 2. The summed E-state index contributed by atoms with van der Waals surface area (Å²) in [6.07, 6.45) is 1.71. The molecule has 29 heavy (non-hydrogen) atoms. The van der Waals surface area contributed by atoms with Gasteiger partial charge in [-0.05, 0) is 36.4 Å². The molecule has 2 N–H and O–H groups in total. The normalized spacial score (nSPS) is 13.4. The SMILES string of the molecule is O=C1CN(c2ccc(C(=O)NCCOc3cccc4cccnc34)cc2)C(=O)N1. The first kappa shape index (κ1) is 18.4. The van der Waals surface area contributed by atoms with Crippen molar-refractivity contribution >= 4 is 34.4 Å². The summed E-state index contributed by atoms with van der Waals surface area (Å²) < 4.78 is 5.75. The Kier molecular flexibility index (Phi) is 5.07. The Labute approximate surface area is 166 Å². The minimum atomic E-state index is -0.465. The third-order valence-corrected chi connectivity index (χ3v) is 4.48. The summed E-state index contributed by atoms with van der Waals surface area (Å²) in [6.45, 7) is 0.604. The number of pyridine rings is 1. The van der Waals surface area contributed by atoms with Crippen molar-refractivity contribution in [2.24, 2.45) is 0 Å². The average molecular weight is 390 g/mol. The van der Waals surface area contributed by atoms with Gasteiger partial charge in [0.25, 0.3) is 5.91 Å². The molecule has 4 rings (SSSR count). The van der Waals surface area contributed by atoms with Crippen LogP contribution < -0.4 is 20.3 Å². The number of imide groups is 1. The number of benzene rings is 2. The van der Waals surface area contributed by atoms with Gasteiger partial charge >= 0.3 is 6.03 Å². The smallest absolute Gasteiger partial charge is 0.329 e. The molecular weight excluding hydrogens is 372 g/mol. The molecule has 0 spiro atoms. The molecular formula is C21H18N4O4. The fourth-order valence-electron chi connectivity index (χ4n) is 3.06. The Hall–Kier alpha value is -3.94. The van der Waals surface area contributed by atoms with E-state index < -0.39 is 6.03 Å². The molecule has 2 aromatic carbocycles. The van der Waals surface area contributed by atoms with Crippen molar-refractivity contribution in [3.8, 4) is 5.75 Å². The monoisotopic (exact) mass is 390 g/mol. The van der Waals surface area contributed by atoms with Crippen molar-refractivity contribution in [3.63, 3.8) is 0 Å². The summed E-state index contributed by atoms with van der Waals surface area (Å²) in [5, 5.41) is 5.99. The highest BCUT2D eigenvalue weighted by Crippen LogP contribution is 2.22. The highest BCUT2D eigenvalue weighted by atomic mass is 16.5. The Morgan fingerprint density at radius 1 is 1.10 bits per heavy atom. The molecule has 0 atom stereocenters. The van der Waals surface area contributed by atoms with Crippen LogP contribution in [0.15, 0.2) is 60.8 Å². The average Bonchev–Trinajstić information content (AvgIpc) is 3.09. The lowest BCUT2D eigenvalue weighted by Gasteiger charge is -2.13. The predicted molar refractivity (Wildman–Crippen MR) is 107 cm³/mol. The van der Waals surface area contributed by atoms with Crippen LogP contribution in [-0.2, 0) is 4.79 Å². The second kappa shape index (κ2) is 7.97. The van der Waals surface area contributed by atoms with E-state index >= 15 is 0 Å². The molecule has 4 amide bonds. The van der Waals surface area contributed by atoms with Gasteiger partial charge in [-0.25, -0.2) is 4.79 Å². The standard InChI is InChI=1S/C21H18N4O4/c26-18-13-25(21(28)24-18)16-8-6-15(7-9-16)20(27)23-11-12-29-17-5-1-3-14-4-2-10-22-19(14)17/h1-10H,11-13H2,(H,23,27)(H,24,26,28). The highest BCUT2D eigenvalue weighted by molar-refractivity contribution is 6.12. The Balaban J connectivity index is 1.31. The van der Waals surface area contributed by atoms with Gasteiger partial charge in [-0.2, -0.15) is 0 Å². The number of urea groups is 1.